The van der Waals surface area contributed by atoms with E-state index in [0.717, 1.165) is 32.6 Å². The molecule has 15 heavy (non-hydrogen) atoms. The topological polar surface area (TPSA) is 61.8 Å². The average molecular weight is 216 g/mol. The van der Waals surface area contributed by atoms with Crippen LogP contribution in [0.2, 0.25) is 0 Å². The molecule has 0 amide bonds. The minimum absolute atomic E-state index is 0.335. The van der Waals surface area contributed by atoms with Gasteiger partial charge in [0.2, 0.25) is 0 Å². The highest BCUT2D eigenvalue weighted by Gasteiger charge is 2.33. The Bertz CT molecular complexity index is 211. The first-order valence-electron chi connectivity index (χ1n) is 5.30. The zero-order valence-corrected chi connectivity index (χ0v) is 9.45. The molecule has 0 aromatic heterocycles. The van der Waals surface area contributed by atoms with Crippen molar-refractivity contribution in [2.75, 3.05) is 39.8 Å². The molecule has 1 unspecified atom stereocenters. The van der Waals surface area contributed by atoms with Gasteiger partial charge in [0.15, 0.2) is 5.60 Å². The number of nitrogens with zero attached hydrogens (tertiary/aromatic N) is 1. The Kier molecular flexibility index (Phi) is 4.50. The van der Waals surface area contributed by atoms with Gasteiger partial charge in [-0.15, -0.1) is 0 Å². The summed E-state index contributed by atoms with van der Waals surface area (Å²) in [6.07, 6.45) is 1.04. The highest BCUT2D eigenvalue weighted by Crippen LogP contribution is 2.09. The van der Waals surface area contributed by atoms with Gasteiger partial charge in [0.05, 0.1) is 7.11 Å². The number of carbonyl (C=O) groups excluding carboxylic acids is 1. The van der Waals surface area contributed by atoms with Crippen molar-refractivity contribution < 1.29 is 14.6 Å². The van der Waals surface area contributed by atoms with Crippen molar-refractivity contribution in [3.8, 4) is 0 Å². The van der Waals surface area contributed by atoms with Gasteiger partial charge in [-0.1, -0.05) is 0 Å². The third kappa shape index (κ3) is 3.77. The lowest BCUT2D eigenvalue weighted by Crippen LogP contribution is -2.48. The number of methoxy groups -OCH3 is 1. The van der Waals surface area contributed by atoms with Gasteiger partial charge in [0.1, 0.15) is 0 Å². The predicted octanol–water partition coefficient (Wildman–Crippen LogP) is -0.794. The number of aliphatic hydroxyl groups is 1. The number of rotatable bonds is 3. The second kappa shape index (κ2) is 5.44. The van der Waals surface area contributed by atoms with E-state index in [4.69, 9.17) is 0 Å². The number of carbonyl (C=O) groups is 1. The zero-order valence-electron chi connectivity index (χ0n) is 9.45. The highest BCUT2D eigenvalue weighted by atomic mass is 16.5. The normalized spacial score (nSPS) is 22.9. The molecule has 0 aliphatic carbocycles. The molecule has 1 saturated heterocycles. The summed E-state index contributed by atoms with van der Waals surface area (Å²) in [5.41, 5.74) is -1.40. The molecule has 1 heterocycles. The molecule has 1 rings (SSSR count). The van der Waals surface area contributed by atoms with Crippen LogP contribution < -0.4 is 5.32 Å². The van der Waals surface area contributed by atoms with Gasteiger partial charge in [0.25, 0.3) is 0 Å². The van der Waals surface area contributed by atoms with E-state index >= 15 is 0 Å². The first-order chi connectivity index (χ1) is 7.06. The molecule has 2 N–H and O–H groups in total. The minimum Gasteiger partial charge on any atom is -0.467 e. The Morgan fingerprint density at radius 1 is 1.53 bits per heavy atom. The van der Waals surface area contributed by atoms with E-state index in [1.54, 1.807) is 0 Å². The molecule has 88 valence electrons. The quantitative estimate of drug-likeness (QED) is 0.605. The molecule has 0 aromatic rings. The van der Waals surface area contributed by atoms with Crippen LogP contribution in [0.25, 0.3) is 0 Å². The van der Waals surface area contributed by atoms with Crippen LogP contribution in [-0.2, 0) is 9.53 Å². The number of esters is 1. The fourth-order valence-corrected chi connectivity index (χ4v) is 1.78. The van der Waals surface area contributed by atoms with Gasteiger partial charge in [-0.05, 0) is 26.4 Å². The zero-order chi connectivity index (χ0) is 11.3. The molecular weight excluding hydrogens is 196 g/mol. The smallest absolute Gasteiger partial charge is 0.338 e. The van der Waals surface area contributed by atoms with Crippen molar-refractivity contribution in [3.05, 3.63) is 0 Å². The van der Waals surface area contributed by atoms with Gasteiger partial charge in [-0.25, -0.2) is 4.79 Å². The Morgan fingerprint density at radius 2 is 2.27 bits per heavy atom. The summed E-state index contributed by atoms with van der Waals surface area (Å²) in [5.74, 6) is -0.570. The lowest BCUT2D eigenvalue weighted by Gasteiger charge is -2.28. The van der Waals surface area contributed by atoms with E-state index < -0.39 is 11.6 Å². The summed E-state index contributed by atoms with van der Waals surface area (Å²) in [6, 6.07) is 0. The molecule has 5 nitrogen and oxygen atoms in total. The number of nitrogens with one attached hydrogen (secondary N) is 1. The molecule has 0 aromatic carbocycles. The van der Waals surface area contributed by atoms with Gasteiger partial charge < -0.3 is 15.2 Å². The molecule has 1 aliphatic heterocycles. The van der Waals surface area contributed by atoms with Crippen molar-refractivity contribution in [1.82, 2.24) is 10.2 Å². The van der Waals surface area contributed by atoms with Gasteiger partial charge in [-0.2, -0.15) is 0 Å². The highest BCUT2D eigenvalue weighted by molar-refractivity contribution is 5.78. The van der Waals surface area contributed by atoms with E-state index in [1.165, 1.54) is 14.0 Å². The lowest BCUT2D eigenvalue weighted by molar-refractivity contribution is -0.162. The van der Waals surface area contributed by atoms with Crippen LogP contribution in [0, 0.1) is 0 Å². The molecule has 0 radical (unpaired) electrons. The van der Waals surface area contributed by atoms with Crippen LogP contribution in [0.15, 0.2) is 0 Å². The summed E-state index contributed by atoms with van der Waals surface area (Å²) in [7, 11) is 1.29. The van der Waals surface area contributed by atoms with E-state index in [2.05, 4.69) is 15.0 Å². The molecule has 0 spiro atoms. The van der Waals surface area contributed by atoms with Crippen LogP contribution >= 0.6 is 0 Å². The molecule has 0 saturated carbocycles. The van der Waals surface area contributed by atoms with Crippen LogP contribution in [0.3, 0.4) is 0 Å². The SMILES string of the molecule is COC(=O)C(C)(O)CN1CCCNCC1. The summed E-state index contributed by atoms with van der Waals surface area (Å²) < 4.78 is 4.56. The fourth-order valence-electron chi connectivity index (χ4n) is 1.78. The molecular formula is C10H20N2O3. The molecule has 0 bridgehead atoms. The van der Waals surface area contributed by atoms with E-state index in [1.807, 2.05) is 0 Å². The largest absolute Gasteiger partial charge is 0.467 e. The Balaban J connectivity index is 2.47. The van der Waals surface area contributed by atoms with Crippen molar-refractivity contribution >= 4 is 5.97 Å². The molecule has 1 fully saturated rings. The van der Waals surface area contributed by atoms with Crippen LogP contribution in [0.1, 0.15) is 13.3 Å². The van der Waals surface area contributed by atoms with Gasteiger partial charge in [-0.3, -0.25) is 4.90 Å². The number of hydrogen-bond acceptors (Lipinski definition) is 5. The first-order valence-corrected chi connectivity index (χ1v) is 5.30. The van der Waals surface area contributed by atoms with E-state index in [9.17, 15) is 9.90 Å². The maximum atomic E-state index is 11.3. The lowest BCUT2D eigenvalue weighted by atomic mass is 10.1. The van der Waals surface area contributed by atoms with Crippen LogP contribution in [-0.4, -0.2) is 61.4 Å². The maximum absolute atomic E-state index is 11.3. The monoisotopic (exact) mass is 216 g/mol. The number of ether oxygens (including phenoxy) is 1. The average Bonchev–Trinajstić information content (AvgIpc) is 2.44. The van der Waals surface area contributed by atoms with Gasteiger partial charge in [0, 0.05) is 19.6 Å². The second-order valence-corrected chi connectivity index (χ2v) is 4.15. The van der Waals surface area contributed by atoms with Crippen LogP contribution in [0.4, 0.5) is 0 Å². The van der Waals surface area contributed by atoms with Crippen molar-refractivity contribution in [2.45, 2.75) is 18.9 Å². The third-order valence-electron chi connectivity index (χ3n) is 2.59. The summed E-state index contributed by atoms with van der Waals surface area (Å²) >= 11 is 0. The molecule has 1 aliphatic rings. The van der Waals surface area contributed by atoms with E-state index in [-0.39, 0.29) is 0 Å². The van der Waals surface area contributed by atoms with Crippen molar-refractivity contribution in [1.29, 1.82) is 0 Å². The minimum atomic E-state index is -1.40. The van der Waals surface area contributed by atoms with Crippen molar-refractivity contribution in [2.24, 2.45) is 0 Å². The maximum Gasteiger partial charge on any atom is 0.338 e. The Morgan fingerprint density at radius 3 is 2.93 bits per heavy atom. The Hall–Kier alpha value is -0.650. The summed E-state index contributed by atoms with van der Waals surface area (Å²) in [6.45, 7) is 5.49. The number of β-amino-alcohol motifs (C(OH)–C–C–N with tert-alkyl or cyclic N) is 1. The first kappa shape index (κ1) is 12.4. The van der Waals surface area contributed by atoms with Gasteiger partial charge >= 0.3 is 5.97 Å². The Labute approximate surface area is 90.4 Å². The molecule has 5 heteroatoms. The second-order valence-electron chi connectivity index (χ2n) is 4.15. The van der Waals surface area contributed by atoms with E-state index in [0.29, 0.717) is 6.54 Å². The summed E-state index contributed by atoms with van der Waals surface area (Å²) in [5, 5.41) is 13.2. The third-order valence-corrected chi connectivity index (χ3v) is 2.59. The predicted molar refractivity (Wildman–Crippen MR) is 56.6 cm³/mol. The number of hydrogen-bond donors (Lipinski definition) is 2. The standard InChI is InChI=1S/C10H20N2O3/c1-10(14,9(13)15-2)8-12-6-3-4-11-5-7-12/h11,14H,3-8H2,1-2H3. The van der Waals surface area contributed by atoms with Crippen LogP contribution in [0.5, 0.6) is 0 Å². The fraction of sp³-hybridized carbons (Fsp3) is 0.900. The molecule has 1 atom stereocenters. The van der Waals surface area contributed by atoms with Crippen molar-refractivity contribution in [3.63, 3.8) is 0 Å². The summed E-state index contributed by atoms with van der Waals surface area (Å²) in [4.78, 5) is 13.4.